The summed E-state index contributed by atoms with van der Waals surface area (Å²) in [5, 5.41) is 19.8. The number of unbranched alkanes of at least 4 members (excludes halogenated alkanes) is 9. The minimum absolute atomic E-state index is 0.0372. The van der Waals surface area contributed by atoms with Crippen molar-refractivity contribution in [3.8, 4) is 0 Å². The monoisotopic (exact) mass is 399 g/mol. The van der Waals surface area contributed by atoms with Crippen LogP contribution in [0.5, 0.6) is 0 Å². The Morgan fingerprint density at radius 3 is 1.75 bits per heavy atom. The smallest absolute Gasteiger partial charge is 0.225 e. The van der Waals surface area contributed by atoms with Gasteiger partial charge in [0.25, 0.3) is 0 Å². The number of carbonyl (C=O) groups excluding carboxylic acids is 1. The molecule has 0 aromatic heterocycles. The molecule has 0 aromatic carbocycles. The SMILES string of the molecule is CCCCCCCCCCC(O)CN(CCO)C(=O)C(CCCC)CCCC. The first-order chi connectivity index (χ1) is 13.6. The Labute approximate surface area is 175 Å². The lowest BCUT2D eigenvalue weighted by atomic mass is 9.94. The number of aliphatic hydroxyl groups excluding tert-OH is 2. The van der Waals surface area contributed by atoms with E-state index in [2.05, 4.69) is 20.8 Å². The molecule has 0 aliphatic rings. The highest BCUT2D eigenvalue weighted by atomic mass is 16.3. The third-order valence-corrected chi connectivity index (χ3v) is 5.67. The molecule has 0 saturated carbocycles. The standard InChI is InChI=1S/C24H49NO3/c1-4-7-10-11-12-13-14-15-18-23(27)21-25(19-20-26)24(28)22(16-8-5-2)17-9-6-3/h22-23,26-27H,4-21H2,1-3H3. The van der Waals surface area contributed by atoms with Gasteiger partial charge >= 0.3 is 0 Å². The minimum atomic E-state index is -0.478. The summed E-state index contributed by atoms with van der Waals surface area (Å²) >= 11 is 0. The van der Waals surface area contributed by atoms with E-state index < -0.39 is 6.10 Å². The van der Waals surface area contributed by atoms with E-state index in [0.29, 0.717) is 13.1 Å². The molecule has 0 bridgehead atoms. The molecule has 28 heavy (non-hydrogen) atoms. The molecule has 2 N–H and O–H groups in total. The van der Waals surface area contributed by atoms with Crippen LogP contribution in [0, 0.1) is 5.92 Å². The Morgan fingerprint density at radius 1 is 0.750 bits per heavy atom. The van der Waals surface area contributed by atoms with Crippen LogP contribution in [0.25, 0.3) is 0 Å². The van der Waals surface area contributed by atoms with E-state index in [1.54, 1.807) is 4.90 Å². The quantitative estimate of drug-likeness (QED) is 0.258. The van der Waals surface area contributed by atoms with Crippen LogP contribution in [-0.2, 0) is 4.79 Å². The van der Waals surface area contributed by atoms with Crippen molar-refractivity contribution in [2.24, 2.45) is 5.92 Å². The number of rotatable bonds is 20. The summed E-state index contributed by atoms with van der Waals surface area (Å²) in [4.78, 5) is 14.7. The first-order valence-electron chi connectivity index (χ1n) is 12.2. The van der Waals surface area contributed by atoms with Gasteiger partial charge in [-0.25, -0.2) is 0 Å². The molecular formula is C24H49NO3. The van der Waals surface area contributed by atoms with Crippen molar-refractivity contribution >= 4 is 5.91 Å². The molecule has 0 fully saturated rings. The molecule has 0 saturated heterocycles. The van der Waals surface area contributed by atoms with Crippen molar-refractivity contribution in [3.05, 3.63) is 0 Å². The second kappa shape index (κ2) is 19.7. The van der Waals surface area contributed by atoms with Crippen LogP contribution in [-0.4, -0.2) is 46.8 Å². The van der Waals surface area contributed by atoms with Gasteiger partial charge in [0.2, 0.25) is 5.91 Å². The van der Waals surface area contributed by atoms with E-state index in [4.69, 9.17) is 0 Å². The van der Waals surface area contributed by atoms with Crippen molar-refractivity contribution in [1.82, 2.24) is 4.90 Å². The summed E-state index contributed by atoms with van der Waals surface area (Å²) in [6.07, 6.45) is 16.4. The van der Waals surface area contributed by atoms with Gasteiger partial charge in [0.1, 0.15) is 0 Å². The maximum Gasteiger partial charge on any atom is 0.225 e. The maximum atomic E-state index is 13.0. The number of hydrogen-bond acceptors (Lipinski definition) is 3. The van der Waals surface area contributed by atoms with Crippen LogP contribution < -0.4 is 0 Å². The Kier molecular flexibility index (Phi) is 19.3. The molecule has 0 spiro atoms. The zero-order valence-corrected chi connectivity index (χ0v) is 19.1. The van der Waals surface area contributed by atoms with Crippen LogP contribution in [0.1, 0.15) is 117 Å². The number of nitrogens with zero attached hydrogens (tertiary/aromatic N) is 1. The molecular weight excluding hydrogens is 350 g/mol. The van der Waals surface area contributed by atoms with Crippen LogP contribution in [0.4, 0.5) is 0 Å². The molecule has 0 aliphatic carbocycles. The second-order valence-electron chi connectivity index (χ2n) is 8.41. The van der Waals surface area contributed by atoms with Crippen molar-refractivity contribution in [3.63, 3.8) is 0 Å². The predicted molar refractivity (Wildman–Crippen MR) is 119 cm³/mol. The average Bonchev–Trinajstić information content (AvgIpc) is 2.69. The molecule has 0 heterocycles. The lowest BCUT2D eigenvalue weighted by Gasteiger charge is -2.29. The molecule has 0 aliphatic heterocycles. The van der Waals surface area contributed by atoms with Crippen molar-refractivity contribution in [1.29, 1.82) is 0 Å². The van der Waals surface area contributed by atoms with E-state index in [1.165, 1.54) is 38.5 Å². The number of aliphatic hydroxyl groups is 2. The van der Waals surface area contributed by atoms with Gasteiger partial charge in [-0.2, -0.15) is 0 Å². The lowest BCUT2D eigenvalue weighted by Crippen LogP contribution is -2.42. The summed E-state index contributed by atoms with van der Waals surface area (Å²) in [5.41, 5.74) is 0. The highest BCUT2D eigenvalue weighted by Gasteiger charge is 2.24. The summed E-state index contributed by atoms with van der Waals surface area (Å²) in [7, 11) is 0. The van der Waals surface area contributed by atoms with Crippen molar-refractivity contribution < 1.29 is 15.0 Å². The Balaban J connectivity index is 4.30. The highest BCUT2D eigenvalue weighted by Crippen LogP contribution is 2.20. The molecule has 168 valence electrons. The Morgan fingerprint density at radius 2 is 1.25 bits per heavy atom. The summed E-state index contributed by atoms with van der Waals surface area (Å²) in [6, 6.07) is 0. The first-order valence-corrected chi connectivity index (χ1v) is 12.2. The van der Waals surface area contributed by atoms with Gasteiger partial charge < -0.3 is 15.1 Å². The molecule has 1 atom stereocenters. The van der Waals surface area contributed by atoms with E-state index in [0.717, 1.165) is 57.8 Å². The molecule has 0 aromatic rings. The van der Waals surface area contributed by atoms with Crippen LogP contribution in [0.15, 0.2) is 0 Å². The third-order valence-electron chi connectivity index (χ3n) is 5.67. The lowest BCUT2D eigenvalue weighted by molar-refractivity contribution is -0.138. The predicted octanol–water partition coefficient (Wildman–Crippen LogP) is 5.70. The number of amides is 1. The molecule has 4 heteroatoms. The van der Waals surface area contributed by atoms with Crippen LogP contribution >= 0.6 is 0 Å². The largest absolute Gasteiger partial charge is 0.395 e. The number of carbonyl (C=O) groups is 1. The number of hydrogen-bond donors (Lipinski definition) is 2. The van der Waals surface area contributed by atoms with Gasteiger partial charge in [-0.3, -0.25) is 4.79 Å². The second-order valence-corrected chi connectivity index (χ2v) is 8.41. The molecule has 1 unspecified atom stereocenters. The van der Waals surface area contributed by atoms with Crippen LogP contribution in [0.3, 0.4) is 0 Å². The topological polar surface area (TPSA) is 60.8 Å². The van der Waals surface area contributed by atoms with E-state index in [-0.39, 0.29) is 18.4 Å². The molecule has 4 nitrogen and oxygen atoms in total. The van der Waals surface area contributed by atoms with Gasteiger partial charge in [0.05, 0.1) is 12.7 Å². The minimum Gasteiger partial charge on any atom is -0.395 e. The zero-order chi connectivity index (χ0) is 21.0. The van der Waals surface area contributed by atoms with Crippen molar-refractivity contribution in [2.75, 3.05) is 19.7 Å². The van der Waals surface area contributed by atoms with E-state index in [9.17, 15) is 15.0 Å². The summed E-state index contributed by atoms with van der Waals surface area (Å²) in [5.74, 6) is 0.174. The van der Waals surface area contributed by atoms with Crippen LogP contribution in [0.2, 0.25) is 0 Å². The van der Waals surface area contributed by atoms with Crippen molar-refractivity contribution in [2.45, 2.75) is 123 Å². The fourth-order valence-electron chi connectivity index (χ4n) is 3.82. The van der Waals surface area contributed by atoms with Gasteiger partial charge in [-0.05, 0) is 19.3 Å². The van der Waals surface area contributed by atoms with Gasteiger partial charge in [0.15, 0.2) is 0 Å². The zero-order valence-electron chi connectivity index (χ0n) is 19.1. The molecule has 1 amide bonds. The fraction of sp³-hybridized carbons (Fsp3) is 0.958. The summed E-state index contributed by atoms with van der Waals surface area (Å²) in [6.45, 7) is 7.21. The average molecular weight is 400 g/mol. The first kappa shape index (κ1) is 27.4. The van der Waals surface area contributed by atoms with E-state index >= 15 is 0 Å². The van der Waals surface area contributed by atoms with Gasteiger partial charge in [0, 0.05) is 19.0 Å². The highest BCUT2D eigenvalue weighted by molar-refractivity contribution is 5.78. The van der Waals surface area contributed by atoms with E-state index in [1.807, 2.05) is 0 Å². The summed E-state index contributed by atoms with van der Waals surface area (Å²) < 4.78 is 0. The Hall–Kier alpha value is -0.610. The fourth-order valence-corrected chi connectivity index (χ4v) is 3.82. The van der Waals surface area contributed by atoms with Gasteiger partial charge in [-0.15, -0.1) is 0 Å². The van der Waals surface area contributed by atoms with Gasteiger partial charge in [-0.1, -0.05) is 97.8 Å². The third kappa shape index (κ3) is 14.4. The molecule has 0 rings (SSSR count). The maximum absolute atomic E-state index is 13.0. The Bertz CT molecular complexity index is 341. The molecule has 0 radical (unpaired) electrons. The normalized spacial score (nSPS) is 12.5.